The van der Waals surface area contributed by atoms with Crippen LogP contribution in [0.2, 0.25) is 0 Å². The fraction of sp³-hybridized carbons (Fsp3) is 0.273. The molecule has 1 amide bonds. The molecule has 1 atom stereocenters. The summed E-state index contributed by atoms with van der Waals surface area (Å²) in [6.07, 6.45) is -0.726. The molecule has 0 spiro atoms. The second-order valence-electron chi connectivity index (χ2n) is 4.39. The Bertz CT molecular complexity index is 734. The maximum absolute atomic E-state index is 13.5. The van der Waals surface area contributed by atoms with Crippen LogP contribution < -0.4 is 4.90 Å². The van der Waals surface area contributed by atoms with Gasteiger partial charge in [-0.15, -0.1) is 3.89 Å². The van der Waals surface area contributed by atoms with Crippen LogP contribution >= 0.6 is 0 Å². The van der Waals surface area contributed by atoms with Gasteiger partial charge in [-0.25, -0.2) is 13.6 Å². The predicted molar refractivity (Wildman–Crippen MR) is 64.1 cm³/mol. The van der Waals surface area contributed by atoms with Crippen LogP contribution in [0, 0.1) is 11.6 Å². The average molecular weight is 323 g/mol. The Labute approximate surface area is 117 Å². The van der Waals surface area contributed by atoms with Crippen molar-refractivity contribution in [1.82, 2.24) is 0 Å². The summed E-state index contributed by atoms with van der Waals surface area (Å²) in [5.41, 5.74) is -1.63. The molecule has 10 heteroatoms. The number of benzene rings is 1. The topological polar surface area (TPSA) is 91.8 Å². The Morgan fingerprint density at radius 3 is 2.43 bits per heavy atom. The third-order valence-corrected chi connectivity index (χ3v) is 4.14. The van der Waals surface area contributed by atoms with Gasteiger partial charge in [0, 0.05) is 19.0 Å². The molecule has 1 aliphatic rings. The Kier molecular flexibility index (Phi) is 3.66. The van der Waals surface area contributed by atoms with E-state index in [-0.39, 0.29) is 0 Å². The first-order valence-electron chi connectivity index (χ1n) is 5.57. The van der Waals surface area contributed by atoms with E-state index in [1.165, 1.54) is 0 Å². The van der Waals surface area contributed by atoms with E-state index in [1.807, 2.05) is 0 Å². The van der Waals surface area contributed by atoms with Gasteiger partial charge in [-0.05, 0) is 6.07 Å². The van der Waals surface area contributed by atoms with E-state index in [4.69, 9.17) is 5.11 Å². The quantitative estimate of drug-likeness (QED) is 0.840. The summed E-state index contributed by atoms with van der Waals surface area (Å²) in [7, 11) is -5.03. The number of carbonyl (C=O) groups excluding carboxylic acids is 1. The third-order valence-electron chi connectivity index (χ3n) is 3.03. The molecule has 1 aromatic carbocycles. The van der Waals surface area contributed by atoms with Crippen molar-refractivity contribution in [2.45, 2.75) is 11.7 Å². The molecule has 1 unspecified atom stereocenters. The minimum Gasteiger partial charge on any atom is -0.478 e. The number of halogens is 3. The minimum atomic E-state index is -5.03. The molecule has 0 bridgehead atoms. The van der Waals surface area contributed by atoms with Crippen molar-refractivity contribution >= 4 is 27.8 Å². The van der Waals surface area contributed by atoms with Gasteiger partial charge in [0.05, 0.1) is 5.69 Å². The van der Waals surface area contributed by atoms with E-state index < -0.39 is 63.2 Å². The van der Waals surface area contributed by atoms with Gasteiger partial charge >= 0.3 is 16.2 Å². The summed E-state index contributed by atoms with van der Waals surface area (Å²) in [6.45, 7) is -0.708. The van der Waals surface area contributed by atoms with Crippen molar-refractivity contribution in [2.24, 2.45) is 0 Å². The minimum absolute atomic E-state index is 0.316. The fourth-order valence-corrected chi connectivity index (χ4v) is 2.75. The van der Waals surface area contributed by atoms with Crippen LogP contribution in [0.4, 0.5) is 18.4 Å². The molecule has 114 valence electrons. The largest absolute Gasteiger partial charge is 0.478 e. The van der Waals surface area contributed by atoms with E-state index in [9.17, 15) is 30.7 Å². The highest BCUT2D eigenvalue weighted by Crippen LogP contribution is 2.31. The van der Waals surface area contributed by atoms with Crippen LogP contribution in [-0.4, -0.2) is 37.2 Å². The van der Waals surface area contributed by atoms with Gasteiger partial charge in [0.25, 0.3) is 0 Å². The van der Waals surface area contributed by atoms with Gasteiger partial charge in [0.15, 0.2) is 0 Å². The molecule has 1 saturated heterocycles. The van der Waals surface area contributed by atoms with E-state index in [1.54, 1.807) is 0 Å². The first kappa shape index (κ1) is 15.3. The number of rotatable bonds is 3. The molecular formula is C11H8F3NO5S. The number of aromatic carboxylic acids is 1. The van der Waals surface area contributed by atoms with Crippen molar-refractivity contribution in [2.75, 3.05) is 11.4 Å². The zero-order chi connectivity index (χ0) is 15.9. The average Bonchev–Trinajstić information content (AvgIpc) is 2.69. The highest BCUT2D eigenvalue weighted by atomic mass is 32.3. The summed E-state index contributed by atoms with van der Waals surface area (Å²) in [4.78, 5) is 23.2. The summed E-state index contributed by atoms with van der Waals surface area (Å²) in [5.74, 6) is -5.26. The highest BCUT2D eigenvalue weighted by Gasteiger charge is 2.40. The number of amides is 1. The lowest BCUT2D eigenvalue weighted by atomic mass is 10.1. The monoisotopic (exact) mass is 323 g/mol. The number of hydrogen-bond donors (Lipinski definition) is 1. The number of carboxylic acids is 1. The molecule has 2 rings (SSSR count). The lowest BCUT2D eigenvalue weighted by Crippen LogP contribution is -2.29. The molecule has 21 heavy (non-hydrogen) atoms. The molecule has 1 heterocycles. The molecule has 1 N–H and O–H groups in total. The zero-order valence-electron chi connectivity index (χ0n) is 10.2. The molecule has 0 aliphatic carbocycles. The standard InChI is InChI=1S/C11H8F3NO5S/c12-5-1-7(13)10(11(17)18)8(2-5)15-4-6(3-9(15)16)21(14,19)20/h1-2,6H,3-4H2,(H,17,18). The van der Waals surface area contributed by atoms with Gasteiger partial charge < -0.3 is 10.0 Å². The van der Waals surface area contributed by atoms with E-state index in [0.717, 1.165) is 0 Å². The van der Waals surface area contributed by atoms with Gasteiger partial charge in [-0.1, -0.05) is 0 Å². The molecule has 1 fully saturated rings. The Morgan fingerprint density at radius 1 is 1.33 bits per heavy atom. The Morgan fingerprint density at radius 2 is 1.95 bits per heavy atom. The maximum Gasteiger partial charge on any atom is 0.340 e. The Hall–Kier alpha value is -2.10. The lowest BCUT2D eigenvalue weighted by Gasteiger charge is -2.18. The van der Waals surface area contributed by atoms with Crippen LogP contribution in [0.1, 0.15) is 16.8 Å². The highest BCUT2D eigenvalue weighted by molar-refractivity contribution is 7.87. The van der Waals surface area contributed by atoms with Crippen LogP contribution in [0.3, 0.4) is 0 Å². The zero-order valence-corrected chi connectivity index (χ0v) is 11.0. The second-order valence-corrected chi connectivity index (χ2v) is 6.01. The molecule has 6 nitrogen and oxygen atoms in total. The summed E-state index contributed by atoms with van der Waals surface area (Å²) in [5, 5.41) is 7.22. The molecular weight excluding hydrogens is 315 g/mol. The molecule has 1 aromatic rings. The van der Waals surface area contributed by atoms with Crippen LogP contribution in [0.5, 0.6) is 0 Å². The number of carbonyl (C=O) groups is 2. The van der Waals surface area contributed by atoms with Gasteiger partial charge in [0.1, 0.15) is 22.4 Å². The SMILES string of the molecule is O=C(O)c1c(F)cc(F)cc1N1CC(S(=O)(=O)F)CC1=O. The summed E-state index contributed by atoms with van der Waals surface area (Å²) >= 11 is 0. The van der Waals surface area contributed by atoms with E-state index in [0.29, 0.717) is 17.0 Å². The van der Waals surface area contributed by atoms with Crippen molar-refractivity contribution in [3.63, 3.8) is 0 Å². The molecule has 0 saturated carbocycles. The van der Waals surface area contributed by atoms with E-state index >= 15 is 0 Å². The molecule has 1 aliphatic heterocycles. The predicted octanol–water partition coefficient (Wildman–Crippen LogP) is 1.07. The first-order chi connectivity index (χ1) is 9.61. The van der Waals surface area contributed by atoms with Crippen molar-refractivity contribution in [3.05, 3.63) is 29.3 Å². The number of nitrogens with zero attached hydrogens (tertiary/aromatic N) is 1. The van der Waals surface area contributed by atoms with Crippen molar-refractivity contribution in [1.29, 1.82) is 0 Å². The Balaban J connectivity index is 2.52. The molecule has 0 radical (unpaired) electrons. The number of carboxylic acid groups (broad SMARTS) is 1. The summed E-state index contributed by atoms with van der Waals surface area (Å²) in [6, 6.07) is 0.897. The maximum atomic E-state index is 13.5. The van der Waals surface area contributed by atoms with Crippen molar-refractivity contribution < 1.29 is 35.8 Å². The molecule has 0 aromatic heterocycles. The smallest absolute Gasteiger partial charge is 0.340 e. The van der Waals surface area contributed by atoms with Crippen molar-refractivity contribution in [3.8, 4) is 0 Å². The van der Waals surface area contributed by atoms with E-state index in [2.05, 4.69) is 0 Å². The van der Waals surface area contributed by atoms with Crippen LogP contribution in [0.25, 0.3) is 0 Å². The van der Waals surface area contributed by atoms with Crippen LogP contribution in [-0.2, 0) is 15.0 Å². The lowest BCUT2D eigenvalue weighted by molar-refractivity contribution is -0.117. The normalized spacial score (nSPS) is 19.1. The van der Waals surface area contributed by atoms with Gasteiger partial charge in [0.2, 0.25) is 5.91 Å². The number of anilines is 1. The fourth-order valence-electron chi connectivity index (χ4n) is 2.08. The first-order valence-corrected chi connectivity index (χ1v) is 7.02. The summed E-state index contributed by atoms with van der Waals surface area (Å²) < 4.78 is 61.2. The van der Waals surface area contributed by atoms with Gasteiger partial charge in [-0.3, -0.25) is 4.79 Å². The second kappa shape index (κ2) is 5.02. The number of hydrogen-bond acceptors (Lipinski definition) is 4. The van der Waals surface area contributed by atoms with Crippen LogP contribution in [0.15, 0.2) is 12.1 Å². The van der Waals surface area contributed by atoms with Gasteiger partial charge in [-0.2, -0.15) is 8.42 Å². The third kappa shape index (κ3) is 2.84.